The Kier molecular flexibility index (Phi) is 7.12. The molecule has 0 saturated heterocycles. The van der Waals surface area contributed by atoms with Gasteiger partial charge in [-0.2, -0.15) is 0 Å². The second-order valence-electron chi connectivity index (χ2n) is 6.61. The zero-order valence-corrected chi connectivity index (χ0v) is 18.5. The molecule has 0 aliphatic heterocycles. The highest BCUT2D eigenvalue weighted by Crippen LogP contribution is 2.33. The van der Waals surface area contributed by atoms with E-state index in [2.05, 4.69) is 12.2 Å². The van der Waals surface area contributed by atoms with Crippen molar-refractivity contribution in [3.63, 3.8) is 0 Å². The molecular formula is C22H24N2O4S2. The number of nitrogens with one attached hydrogen (secondary N) is 1. The molecule has 158 valence electrons. The number of nitrogens with zero attached hydrogens (tertiary/aromatic N) is 1. The highest BCUT2D eigenvalue weighted by Gasteiger charge is 2.30. The summed E-state index contributed by atoms with van der Waals surface area (Å²) in [4.78, 5) is 12.8. The molecule has 0 spiro atoms. The zero-order chi connectivity index (χ0) is 21.6. The molecule has 6 nitrogen and oxygen atoms in total. The first-order valence-corrected chi connectivity index (χ1v) is 11.9. The minimum atomic E-state index is -3.93. The topological polar surface area (TPSA) is 75.7 Å². The van der Waals surface area contributed by atoms with Crippen molar-refractivity contribution in [3.8, 4) is 5.75 Å². The first-order valence-electron chi connectivity index (χ1n) is 9.53. The fourth-order valence-corrected chi connectivity index (χ4v) is 5.56. The Labute approximate surface area is 181 Å². The normalized spacial score (nSPS) is 11.1. The fourth-order valence-electron chi connectivity index (χ4n) is 3.03. The summed E-state index contributed by atoms with van der Waals surface area (Å²) in [6, 6.07) is 17.5. The molecular weight excluding hydrogens is 420 g/mol. The number of benzene rings is 2. The molecule has 1 N–H and O–H groups in total. The molecule has 0 aliphatic carbocycles. The van der Waals surface area contributed by atoms with Crippen LogP contribution in [0.25, 0.3) is 0 Å². The van der Waals surface area contributed by atoms with Crippen molar-refractivity contribution in [2.45, 2.75) is 24.0 Å². The van der Waals surface area contributed by atoms with Crippen LogP contribution >= 0.6 is 11.3 Å². The van der Waals surface area contributed by atoms with E-state index in [-0.39, 0.29) is 10.8 Å². The Bertz CT molecular complexity index is 1080. The van der Waals surface area contributed by atoms with Gasteiger partial charge >= 0.3 is 0 Å². The Morgan fingerprint density at radius 1 is 1.07 bits per heavy atom. The van der Waals surface area contributed by atoms with Crippen LogP contribution in [0.5, 0.6) is 5.75 Å². The van der Waals surface area contributed by atoms with Gasteiger partial charge in [-0.05, 0) is 47.7 Å². The molecule has 0 bridgehead atoms. The lowest BCUT2D eigenvalue weighted by atomic mass is 10.1. The lowest BCUT2D eigenvalue weighted by Gasteiger charge is -2.25. The van der Waals surface area contributed by atoms with Gasteiger partial charge in [0.05, 0.1) is 12.8 Å². The summed E-state index contributed by atoms with van der Waals surface area (Å²) in [6.45, 7) is 1.73. The molecule has 0 saturated carbocycles. The van der Waals surface area contributed by atoms with E-state index < -0.39 is 15.9 Å². The second-order valence-corrected chi connectivity index (χ2v) is 9.65. The molecule has 0 aliphatic rings. The van der Waals surface area contributed by atoms with Gasteiger partial charge in [0.1, 0.15) is 16.5 Å². The average Bonchev–Trinajstić information content (AvgIpc) is 3.29. The zero-order valence-electron chi connectivity index (χ0n) is 16.9. The quantitative estimate of drug-likeness (QED) is 0.526. The van der Waals surface area contributed by atoms with Gasteiger partial charge in [0.15, 0.2) is 0 Å². The average molecular weight is 445 g/mol. The number of para-hydroxylation sites is 2. The maximum absolute atomic E-state index is 13.3. The van der Waals surface area contributed by atoms with Gasteiger partial charge in [0.25, 0.3) is 10.0 Å². The van der Waals surface area contributed by atoms with E-state index in [4.69, 9.17) is 4.74 Å². The lowest BCUT2D eigenvalue weighted by molar-refractivity contribution is -0.114. The summed E-state index contributed by atoms with van der Waals surface area (Å²) in [6.07, 6.45) is 2.01. The highest BCUT2D eigenvalue weighted by atomic mass is 32.2. The number of sulfonamides is 1. The van der Waals surface area contributed by atoms with Gasteiger partial charge in [-0.1, -0.05) is 43.7 Å². The van der Waals surface area contributed by atoms with Crippen LogP contribution in [0.3, 0.4) is 0 Å². The molecule has 0 radical (unpaired) electrons. The maximum Gasteiger partial charge on any atom is 0.274 e. The molecule has 0 unspecified atom stereocenters. The van der Waals surface area contributed by atoms with E-state index in [9.17, 15) is 13.2 Å². The van der Waals surface area contributed by atoms with E-state index in [1.807, 2.05) is 24.3 Å². The highest BCUT2D eigenvalue weighted by molar-refractivity contribution is 7.94. The molecule has 1 heterocycles. The Hall–Kier alpha value is -2.84. The Morgan fingerprint density at radius 2 is 1.80 bits per heavy atom. The van der Waals surface area contributed by atoms with Gasteiger partial charge in [-0.25, -0.2) is 8.42 Å². The molecule has 8 heteroatoms. The largest absolute Gasteiger partial charge is 0.495 e. The Balaban J connectivity index is 1.88. The summed E-state index contributed by atoms with van der Waals surface area (Å²) < 4.78 is 33.1. The van der Waals surface area contributed by atoms with E-state index >= 15 is 0 Å². The Morgan fingerprint density at radius 3 is 2.43 bits per heavy atom. The summed E-state index contributed by atoms with van der Waals surface area (Å²) in [5.41, 5.74) is 2.11. The monoisotopic (exact) mass is 444 g/mol. The number of thiophene rings is 1. The van der Waals surface area contributed by atoms with Gasteiger partial charge in [0.2, 0.25) is 5.91 Å². The third-order valence-electron chi connectivity index (χ3n) is 4.46. The number of rotatable bonds is 9. The van der Waals surface area contributed by atoms with Crippen LogP contribution < -0.4 is 14.4 Å². The minimum Gasteiger partial charge on any atom is -0.495 e. The summed E-state index contributed by atoms with van der Waals surface area (Å²) in [5.74, 6) is -0.0707. The molecule has 1 amide bonds. The van der Waals surface area contributed by atoms with E-state index in [0.29, 0.717) is 17.1 Å². The van der Waals surface area contributed by atoms with Gasteiger partial charge in [-0.3, -0.25) is 9.10 Å². The van der Waals surface area contributed by atoms with Gasteiger partial charge in [0, 0.05) is 5.69 Å². The first kappa shape index (κ1) is 21.9. The lowest BCUT2D eigenvalue weighted by Crippen LogP contribution is -2.38. The van der Waals surface area contributed by atoms with Crippen LogP contribution in [0.4, 0.5) is 11.4 Å². The number of amides is 1. The SMILES string of the molecule is CCCc1ccc(NC(=O)CN(c2ccccc2OC)S(=O)(=O)c2cccs2)cc1. The molecule has 0 atom stereocenters. The summed E-state index contributed by atoms with van der Waals surface area (Å²) in [5, 5.41) is 4.47. The molecule has 0 fully saturated rings. The molecule has 1 aromatic heterocycles. The van der Waals surface area contributed by atoms with Crippen molar-refractivity contribution >= 4 is 38.6 Å². The standard InChI is InChI=1S/C22H24N2O4S2/c1-3-7-17-11-13-18(14-12-17)23-21(25)16-24(19-8-4-5-9-20(19)28-2)30(26,27)22-10-6-15-29-22/h4-6,8-15H,3,7,16H2,1-2H3,(H,23,25). The fraction of sp³-hybridized carbons (Fsp3) is 0.227. The predicted molar refractivity (Wildman–Crippen MR) is 121 cm³/mol. The van der Waals surface area contributed by atoms with Crippen LogP contribution in [0.1, 0.15) is 18.9 Å². The number of methoxy groups -OCH3 is 1. The molecule has 3 aromatic rings. The first-order chi connectivity index (χ1) is 14.5. The van der Waals surface area contributed by atoms with Crippen LogP contribution in [-0.2, 0) is 21.2 Å². The number of anilines is 2. The number of carbonyl (C=O) groups is 1. The van der Waals surface area contributed by atoms with Crippen LogP contribution in [0.2, 0.25) is 0 Å². The second kappa shape index (κ2) is 9.77. The number of hydrogen-bond donors (Lipinski definition) is 1. The number of aryl methyl sites for hydroxylation is 1. The van der Waals surface area contributed by atoms with Crippen molar-refractivity contribution in [1.29, 1.82) is 0 Å². The van der Waals surface area contributed by atoms with E-state index in [1.54, 1.807) is 35.7 Å². The van der Waals surface area contributed by atoms with Crippen molar-refractivity contribution < 1.29 is 17.9 Å². The smallest absolute Gasteiger partial charge is 0.274 e. The maximum atomic E-state index is 13.3. The minimum absolute atomic E-state index is 0.158. The molecule has 2 aromatic carbocycles. The van der Waals surface area contributed by atoms with Crippen molar-refractivity contribution in [2.24, 2.45) is 0 Å². The van der Waals surface area contributed by atoms with Crippen molar-refractivity contribution in [2.75, 3.05) is 23.3 Å². The third kappa shape index (κ3) is 5.01. The van der Waals surface area contributed by atoms with Crippen LogP contribution in [-0.4, -0.2) is 28.0 Å². The van der Waals surface area contributed by atoms with Crippen molar-refractivity contribution in [1.82, 2.24) is 0 Å². The van der Waals surface area contributed by atoms with Gasteiger partial charge < -0.3 is 10.1 Å². The number of ether oxygens (including phenoxy) is 1. The third-order valence-corrected chi connectivity index (χ3v) is 7.59. The molecule has 30 heavy (non-hydrogen) atoms. The van der Waals surface area contributed by atoms with Gasteiger partial charge in [-0.15, -0.1) is 11.3 Å². The van der Waals surface area contributed by atoms with Crippen molar-refractivity contribution in [3.05, 3.63) is 71.6 Å². The van der Waals surface area contributed by atoms with E-state index in [1.165, 1.54) is 18.7 Å². The van der Waals surface area contributed by atoms with Crippen LogP contribution in [0.15, 0.2) is 70.3 Å². The molecule has 3 rings (SSSR count). The number of carbonyl (C=O) groups excluding carboxylic acids is 1. The predicted octanol–water partition coefficient (Wildman–Crippen LogP) is 4.54. The summed E-state index contributed by atoms with van der Waals surface area (Å²) in [7, 11) is -2.47. The summed E-state index contributed by atoms with van der Waals surface area (Å²) >= 11 is 1.10. The number of hydrogen-bond acceptors (Lipinski definition) is 5. The van der Waals surface area contributed by atoms with E-state index in [0.717, 1.165) is 28.5 Å². The van der Waals surface area contributed by atoms with Crippen LogP contribution in [0, 0.1) is 0 Å².